The van der Waals surface area contributed by atoms with Gasteiger partial charge in [0.15, 0.2) is 0 Å². The second-order valence-corrected chi connectivity index (χ2v) is 6.98. The number of ether oxygens (including phenoxy) is 2. The highest BCUT2D eigenvalue weighted by atomic mass is 35.7. The summed E-state index contributed by atoms with van der Waals surface area (Å²) >= 11 is 0. The Hall–Kier alpha value is -1.37. The average molecular weight is 330 g/mol. The van der Waals surface area contributed by atoms with Crippen LogP contribution in [-0.4, -0.2) is 33.7 Å². The summed E-state index contributed by atoms with van der Waals surface area (Å²) in [7, 11) is 3.28. The smallest absolute Gasteiger partial charge is 0.261 e. The van der Waals surface area contributed by atoms with Crippen molar-refractivity contribution in [1.82, 2.24) is 4.98 Å². The normalized spacial score (nSPS) is 11.7. The molecule has 0 aliphatic carbocycles. The minimum absolute atomic E-state index is 0.0407. The third-order valence-corrected chi connectivity index (χ3v) is 4.34. The first-order chi connectivity index (χ1) is 10.0. The van der Waals surface area contributed by atoms with E-state index < -0.39 is 9.05 Å². The van der Waals surface area contributed by atoms with Crippen molar-refractivity contribution in [3.05, 3.63) is 30.5 Å². The van der Waals surface area contributed by atoms with Crippen molar-refractivity contribution in [1.29, 1.82) is 0 Å². The van der Waals surface area contributed by atoms with E-state index in [9.17, 15) is 8.42 Å². The maximum absolute atomic E-state index is 11.6. The zero-order valence-electron chi connectivity index (χ0n) is 11.6. The number of benzene rings is 1. The highest BCUT2D eigenvalue weighted by Gasteiger charge is 2.17. The van der Waals surface area contributed by atoms with Gasteiger partial charge in [-0.2, -0.15) is 0 Å². The van der Waals surface area contributed by atoms with E-state index in [1.807, 2.05) is 0 Å². The average Bonchev–Trinajstić information content (AvgIpc) is 2.45. The Labute approximate surface area is 128 Å². The number of hydrogen-bond acceptors (Lipinski definition) is 5. The molecule has 1 aromatic heterocycles. The molecule has 0 spiro atoms. The topological polar surface area (TPSA) is 65.5 Å². The van der Waals surface area contributed by atoms with Gasteiger partial charge in [-0.15, -0.1) is 0 Å². The molecule has 1 heterocycles. The second-order valence-electron chi connectivity index (χ2n) is 4.45. The lowest BCUT2D eigenvalue weighted by molar-refractivity contribution is 0.184. The Morgan fingerprint density at radius 3 is 2.67 bits per heavy atom. The lowest BCUT2D eigenvalue weighted by atomic mass is 10.2. The lowest BCUT2D eigenvalue weighted by Crippen LogP contribution is -2.02. The van der Waals surface area contributed by atoms with Gasteiger partial charge in [0.25, 0.3) is 9.05 Å². The predicted octanol–water partition coefficient (Wildman–Crippen LogP) is 2.97. The molecule has 114 valence electrons. The number of pyridine rings is 1. The van der Waals surface area contributed by atoms with Crippen molar-refractivity contribution in [2.75, 3.05) is 20.3 Å². The fourth-order valence-corrected chi connectivity index (χ4v) is 3.04. The van der Waals surface area contributed by atoms with Crippen LogP contribution in [0.4, 0.5) is 0 Å². The third kappa shape index (κ3) is 4.06. The number of rotatable bonds is 7. The maximum Gasteiger partial charge on any atom is 0.261 e. The van der Waals surface area contributed by atoms with Crippen LogP contribution in [0.5, 0.6) is 5.75 Å². The summed E-state index contributed by atoms with van der Waals surface area (Å²) in [5, 5.41) is 0.460. The Morgan fingerprint density at radius 1 is 1.19 bits per heavy atom. The molecule has 0 saturated heterocycles. The summed E-state index contributed by atoms with van der Waals surface area (Å²) in [6.07, 6.45) is 3.33. The van der Waals surface area contributed by atoms with Crippen molar-refractivity contribution in [2.24, 2.45) is 0 Å². The third-order valence-electron chi connectivity index (χ3n) is 2.96. The van der Waals surface area contributed by atoms with E-state index in [-0.39, 0.29) is 4.90 Å². The molecule has 0 N–H and O–H groups in total. The summed E-state index contributed by atoms with van der Waals surface area (Å²) in [5.41, 5.74) is 0.492. The van der Waals surface area contributed by atoms with Gasteiger partial charge in [0, 0.05) is 36.0 Å². The van der Waals surface area contributed by atoms with Gasteiger partial charge >= 0.3 is 0 Å². The Kier molecular flexibility index (Phi) is 5.39. The molecule has 0 aliphatic rings. The van der Waals surface area contributed by atoms with Crippen LogP contribution in [0.3, 0.4) is 0 Å². The molecular weight excluding hydrogens is 314 g/mol. The molecule has 21 heavy (non-hydrogen) atoms. The Bertz CT molecular complexity index is 718. The molecule has 5 nitrogen and oxygen atoms in total. The van der Waals surface area contributed by atoms with Crippen LogP contribution < -0.4 is 4.74 Å². The fourth-order valence-electron chi connectivity index (χ4n) is 1.98. The minimum Gasteiger partial charge on any atom is -0.491 e. The van der Waals surface area contributed by atoms with Crippen LogP contribution in [0.25, 0.3) is 10.9 Å². The van der Waals surface area contributed by atoms with E-state index >= 15 is 0 Å². The number of unbranched alkanes of at least 4 members (excludes halogenated alkanes) is 1. The van der Waals surface area contributed by atoms with Gasteiger partial charge in [0.2, 0.25) is 0 Å². The van der Waals surface area contributed by atoms with Crippen molar-refractivity contribution in [2.45, 2.75) is 17.7 Å². The van der Waals surface area contributed by atoms with Crippen molar-refractivity contribution in [3.8, 4) is 5.75 Å². The van der Waals surface area contributed by atoms with E-state index in [0.717, 1.165) is 12.8 Å². The van der Waals surface area contributed by atoms with Gasteiger partial charge in [-0.1, -0.05) is 0 Å². The van der Waals surface area contributed by atoms with E-state index in [4.69, 9.17) is 20.2 Å². The summed E-state index contributed by atoms with van der Waals surface area (Å²) in [6, 6.07) is 6.35. The lowest BCUT2D eigenvalue weighted by Gasteiger charge is -2.10. The Balaban J connectivity index is 2.26. The van der Waals surface area contributed by atoms with Crippen molar-refractivity contribution < 1.29 is 17.9 Å². The molecule has 0 unspecified atom stereocenters. The van der Waals surface area contributed by atoms with Crippen molar-refractivity contribution in [3.63, 3.8) is 0 Å². The first-order valence-corrected chi connectivity index (χ1v) is 8.79. The summed E-state index contributed by atoms with van der Waals surface area (Å²) < 4.78 is 33.8. The summed E-state index contributed by atoms with van der Waals surface area (Å²) in [6.45, 7) is 1.20. The van der Waals surface area contributed by atoms with E-state index in [1.165, 1.54) is 6.07 Å². The minimum atomic E-state index is -3.82. The zero-order valence-corrected chi connectivity index (χ0v) is 13.2. The van der Waals surface area contributed by atoms with E-state index in [0.29, 0.717) is 29.9 Å². The number of aromatic nitrogens is 1. The SMILES string of the molecule is COCCCCOc1ccc(S(=O)(=O)Cl)c2cccnc12. The van der Waals surface area contributed by atoms with Gasteiger partial charge in [0.05, 0.1) is 11.5 Å². The highest BCUT2D eigenvalue weighted by molar-refractivity contribution is 8.14. The molecule has 0 amide bonds. The monoisotopic (exact) mass is 329 g/mol. The van der Waals surface area contributed by atoms with Crippen LogP contribution in [-0.2, 0) is 13.8 Å². The number of fused-ring (bicyclic) bond motifs is 1. The molecule has 0 aliphatic heterocycles. The van der Waals surface area contributed by atoms with Crippen LogP contribution in [0.2, 0.25) is 0 Å². The first kappa shape index (κ1) is 16.0. The second kappa shape index (κ2) is 7.06. The predicted molar refractivity (Wildman–Crippen MR) is 81.4 cm³/mol. The number of hydrogen-bond donors (Lipinski definition) is 0. The van der Waals surface area contributed by atoms with Crippen molar-refractivity contribution >= 4 is 30.6 Å². The first-order valence-electron chi connectivity index (χ1n) is 6.48. The molecular formula is C14H16ClNO4S. The zero-order chi connectivity index (χ0) is 15.3. The van der Waals surface area contributed by atoms with Crippen LogP contribution in [0.15, 0.2) is 35.4 Å². The van der Waals surface area contributed by atoms with Gasteiger partial charge in [0.1, 0.15) is 11.3 Å². The molecule has 0 bridgehead atoms. The molecule has 2 aromatic rings. The maximum atomic E-state index is 11.6. The number of methoxy groups -OCH3 is 1. The molecule has 7 heteroatoms. The molecule has 0 saturated carbocycles. The van der Waals surface area contributed by atoms with Gasteiger partial charge in [-0.3, -0.25) is 4.98 Å². The summed E-state index contributed by atoms with van der Waals surface area (Å²) in [4.78, 5) is 4.24. The van der Waals surface area contributed by atoms with E-state index in [1.54, 1.807) is 31.5 Å². The number of nitrogens with zero attached hydrogens (tertiary/aromatic N) is 1. The fraction of sp³-hybridized carbons (Fsp3) is 0.357. The quantitative estimate of drug-likeness (QED) is 0.577. The van der Waals surface area contributed by atoms with Crippen LogP contribution >= 0.6 is 10.7 Å². The molecule has 0 radical (unpaired) electrons. The molecule has 0 fully saturated rings. The van der Waals surface area contributed by atoms with Crippen LogP contribution in [0, 0.1) is 0 Å². The number of halogens is 1. The largest absolute Gasteiger partial charge is 0.491 e. The van der Waals surface area contributed by atoms with Gasteiger partial charge in [-0.25, -0.2) is 8.42 Å². The van der Waals surface area contributed by atoms with Crippen LogP contribution in [0.1, 0.15) is 12.8 Å². The molecule has 1 aromatic carbocycles. The standard InChI is InChI=1S/C14H16ClNO4S/c1-19-9-2-3-10-20-12-6-7-13(21(15,17)18)11-5-4-8-16-14(11)12/h4-8H,2-3,9-10H2,1H3. The molecule has 2 rings (SSSR count). The Morgan fingerprint density at radius 2 is 1.95 bits per heavy atom. The highest BCUT2D eigenvalue weighted by Crippen LogP contribution is 2.31. The van der Waals surface area contributed by atoms with E-state index in [2.05, 4.69) is 4.98 Å². The van der Waals surface area contributed by atoms with Gasteiger partial charge in [-0.05, 0) is 37.1 Å². The summed E-state index contributed by atoms with van der Waals surface area (Å²) in [5.74, 6) is 0.548. The van der Waals surface area contributed by atoms with Gasteiger partial charge < -0.3 is 9.47 Å². The molecule has 0 atom stereocenters.